The number of unbranched alkanes of at least 4 members (excludes halogenated alkanes) is 14. The lowest BCUT2D eigenvalue weighted by molar-refractivity contribution is -0.176. The molecular formula is C31H59N3O6. The van der Waals surface area contributed by atoms with E-state index in [1.54, 1.807) is 0 Å². The van der Waals surface area contributed by atoms with E-state index in [2.05, 4.69) is 19.2 Å². The van der Waals surface area contributed by atoms with E-state index in [1.165, 1.54) is 51.4 Å². The molecule has 5 N–H and O–H groups in total. The van der Waals surface area contributed by atoms with Crippen molar-refractivity contribution in [3.63, 3.8) is 0 Å². The molecule has 40 heavy (non-hydrogen) atoms. The Morgan fingerprint density at radius 1 is 0.550 bits per heavy atom. The average Bonchev–Trinajstić information content (AvgIpc) is 2.95. The third kappa shape index (κ3) is 20.8. The van der Waals surface area contributed by atoms with Crippen molar-refractivity contribution in [1.29, 1.82) is 0 Å². The number of hydrogen-bond acceptors (Lipinski definition) is 8. The molecule has 9 heteroatoms. The number of Topliss-reactive ketones (excluding diaryl/α,β-unsaturated/α-hetero) is 1. The van der Waals surface area contributed by atoms with E-state index in [0.717, 1.165) is 38.5 Å². The van der Waals surface area contributed by atoms with Gasteiger partial charge < -0.3 is 26.3 Å². The summed E-state index contributed by atoms with van der Waals surface area (Å²) in [6.45, 7) is 4.95. The molecule has 0 radical (unpaired) electrons. The highest BCUT2D eigenvalue weighted by Gasteiger charge is 2.39. The number of rotatable bonds is 28. The molecule has 0 spiro atoms. The van der Waals surface area contributed by atoms with Gasteiger partial charge in [0.25, 0.3) is 5.91 Å². The first-order valence-electron chi connectivity index (χ1n) is 16.0. The van der Waals surface area contributed by atoms with Crippen LogP contribution in [0.15, 0.2) is 0 Å². The zero-order valence-corrected chi connectivity index (χ0v) is 25.5. The molecule has 0 saturated heterocycles. The number of carbonyl (C=O) groups is 4. The molecule has 0 aromatic carbocycles. The van der Waals surface area contributed by atoms with Crippen LogP contribution in [0, 0.1) is 0 Å². The van der Waals surface area contributed by atoms with Gasteiger partial charge in [0.2, 0.25) is 12.2 Å². The number of ketones is 1. The van der Waals surface area contributed by atoms with Crippen LogP contribution in [0.3, 0.4) is 0 Å². The second-order valence-corrected chi connectivity index (χ2v) is 10.7. The Morgan fingerprint density at radius 3 is 1.40 bits per heavy atom. The Morgan fingerprint density at radius 2 is 0.975 bits per heavy atom. The zero-order chi connectivity index (χ0) is 29.8. The van der Waals surface area contributed by atoms with Gasteiger partial charge in [-0.25, -0.2) is 0 Å². The molecule has 0 bridgehead atoms. The van der Waals surface area contributed by atoms with Crippen molar-refractivity contribution in [2.24, 2.45) is 11.5 Å². The Hall–Kier alpha value is -2.00. The van der Waals surface area contributed by atoms with Gasteiger partial charge in [0.05, 0.1) is 0 Å². The molecular weight excluding hydrogens is 510 g/mol. The molecule has 0 aliphatic carbocycles. The summed E-state index contributed by atoms with van der Waals surface area (Å²) in [5.74, 6) is -2.34. The van der Waals surface area contributed by atoms with Gasteiger partial charge in [0.15, 0.2) is 5.78 Å². The molecule has 0 saturated carbocycles. The van der Waals surface area contributed by atoms with Crippen LogP contribution in [0.2, 0.25) is 0 Å². The van der Waals surface area contributed by atoms with Gasteiger partial charge in [-0.05, 0) is 25.8 Å². The van der Waals surface area contributed by atoms with Gasteiger partial charge in [0.1, 0.15) is 0 Å². The minimum Gasteiger partial charge on any atom is -0.450 e. The molecule has 0 rings (SSSR count). The Kier molecular flexibility index (Phi) is 25.8. The van der Waals surface area contributed by atoms with E-state index in [0.29, 0.717) is 19.3 Å². The third-order valence-electron chi connectivity index (χ3n) is 6.91. The first-order chi connectivity index (χ1) is 19.4. The minimum atomic E-state index is -1.55. The maximum atomic E-state index is 13.0. The molecule has 9 nitrogen and oxygen atoms in total. The van der Waals surface area contributed by atoms with Crippen molar-refractivity contribution >= 4 is 23.6 Å². The summed E-state index contributed by atoms with van der Waals surface area (Å²) in [6.07, 6.45) is 14.7. The third-order valence-corrected chi connectivity index (χ3v) is 6.91. The largest absolute Gasteiger partial charge is 0.450 e. The van der Waals surface area contributed by atoms with Crippen LogP contribution in [0.1, 0.15) is 142 Å². The van der Waals surface area contributed by atoms with Gasteiger partial charge in [-0.1, -0.05) is 104 Å². The fourth-order valence-corrected chi connectivity index (χ4v) is 4.47. The molecule has 1 amide bonds. The van der Waals surface area contributed by atoms with Crippen LogP contribution in [0.25, 0.3) is 0 Å². The highest BCUT2D eigenvalue weighted by Crippen LogP contribution is 2.16. The highest BCUT2D eigenvalue weighted by atomic mass is 16.6. The summed E-state index contributed by atoms with van der Waals surface area (Å²) < 4.78 is 11.0. The zero-order valence-electron chi connectivity index (χ0n) is 25.5. The van der Waals surface area contributed by atoms with Gasteiger partial charge in [-0.15, -0.1) is 0 Å². The SMILES string of the molecule is CCCCCCCCCCC(=O)O[C@@H](C(=O)CCCN)[C@@H](OC(=O)CCCCCCCCCC)C(=O)NCCN. The van der Waals surface area contributed by atoms with Crippen molar-refractivity contribution < 1.29 is 28.7 Å². The lowest BCUT2D eigenvalue weighted by Gasteiger charge is -2.25. The van der Waals surface area contributed by atoms with Crippen LogP contribution in [0.5, 0.6) is 0 Å². The standard InChI is InChI=1S/C31H59N3O6/c1-3-5-7-9-11-13-15-17-21-27(36)39-29(26(35)20-19-23-32)30(31(38)34-25-24-33)40-28(37)22-18-16-14-12-10-8-6-4-2/h29-30H,3-25,32-33H2,1-2H3,(H,34,38)/t29-,30+/m0/s1. The van der Waals surface area contributed by atoms with E-state index in [-0.39, 0.29) is 38.9 Å². The van der Waals surface area contributed by atoms with Crippen molar-refractivity contribution in [1.82, 2.24) is 5.32 Å². The van der Waals surface area contributed by atoms with Gasteiger partial charge >= 0.3 is 11.9 Å². The number of nitrogens with one attached hydrogen (secondary N) is 1. The summed E-state index contributed by atoms with van der Waals surface area (Å²) in [5, 5.41) is 2.57. The van der Waals surface area contributed by atoms with E-state index >= 15 is 0 Å². The van der Waals surface area contributed by atoms with Crippen molar-refractivity contribution in [2.75, 3.05) is 19.6 Å². The Bertz CT molecular complexity index is 617. The molecule has 0 aliphatic rings. The van der Waals surface area contributed by atoms with Crippen molar-refractivity contribution in [2.45, 2.75) is 154 Å². The lowest BCUT2D eigenvalue weighted by atomic mass is 10.0. The van der Waals surface area contributed by atoms with Crippen LogP contribution in [-0.4, -0.2) is 55.5 Å². The van der Waals surface area contributed by atoms with Crippen LogP contribution in [-0.2, 0) is 28.7 Å². The monoisotopic (exact) mass is 569 g/mol. The molecule has 0 aromatic rings. The van der Waals surface area contributed by atoms with E-state index in [9.17, 15) is 19.2 Å². The number of nitrogens with two attached hydrogens (primary N) is 2. The number of amides is 1. The van der Waals surface area contributed by atoms with Crippen molar-refractivity contribution in [3.8, 4) is 0 Å². The predicted molar refractivity (Wildman–Crippen MR) is 160 cm³/mol. The maximum absolute atomic E-state index is 13.0. The molecule has 2 atom stereocenters. The first-order valence-corrected chi connectivity index (χ1v) is 16.0. The second-order valence-electron chi connectivity index (χ2n) is 10.7. The molecule has 0 aliphatic heterocycles. The average molecular weight is 570 g/mol. The summed E-state index contributed by atoms with van der Waals surface area (Å²) >= 11 is 0. The van der Waals surface area contributed by atoms with Gasteiger partial charge in [0, 0.05) is 32.4 Å². The molecule has 0 fully saturated rings. The smallest absolute Gasteiger partial charge is 0.306 e. The van der Waals surface area contributed by atoms with Gasteiger partial charge in [-0.2, -0.15) is 0 Å². The quantitative estimate of drug-likeness (QED) is 0.0853. The molecule has 0 aromatic heterocycles. The second kappa shape index (κ2) is 27.2. The predicted octanol–water partition coefficient (Wildman–Crippen LogP) is 5.25. The van der Waals surface area contributed by atoms with Crippen LogP contribution in [0.4, 0.5) is 0 Å². The topological polar surface area (TPSA) is 151 Å². The number of hydrogen-bond donors (Lipinski definition) is 3. The summed E-state index contributed by atoms with van der Waals surface area (Å²) in [5.41, 5.74) is 11.1. The normalized spacial score (nSPS) is 12.5. The van der Waals surface area contributed by atoms with Crippen LogP contribution >= 0.6 is 0 Å². The fourth-order valence-electron chi connectivity index (χ4n) is 4.47. The summed E-state index contributed by atoms with van der Waals surface area (Å²) in [4.78, 5) is 51.3. The molecule has 234 valence electrons. The molecule has 0 heterocycles. The fraction of sp³-hybridized carbons (Fsp3) is 0.871. The molecule has 0 unspecified atom stereocenters. The first kappa shape index (κ1) is 38.0. The summed E-state index contributed by atoms with van der Waals surface area (Å²) in [6, 6.07) is 0. The van der Waals surface area contributed by atoms with E-state index in [1.807, 2.05) is 0 Å². The van der Waals surface area contributed by atoms with Crippen LogP contribution < -0.4 is 16.8 Å². The Balaban J connectivity index is 5.06. The van der Waals surface area contributed by atoms with Crippen molar-refractivity contribution in [3.05, 3.63) is 0 Å². The number of ether oxygens (including phenoxy) is 2. The highest BCUT2D eigenvalue weighted by molar-refractivity contribution is 5.94. The van der Waals surface area contributed by atoms with E-state index in [4.69, 9.17) is 20.9 Å². The number of carbonyl (C=O) groups excluding carboxylic acids is 4. The Labute approximate surface area is 243 Å². The van der Waals surface area contributed by atoms with Gasteiger partial charge in [-0.3, -0.25) is 19.2 Å². The van der Waals surface area contributed by atoms with E-state index < -0.39 is 35.8 Å². The number of esters is 2. The maximum Gasteiger partial charge on any atom is 0.306 e. The minimum absolute atomic E-state index is 0.0163. The summed E-state index contributed by atoms with van der Waals surface area (Å²) in [7, 11) is 0. The lowest BCUT2D eigenvalue weighted by Crippen LogP contribution is -2.51.